The Morgan fingerprint density at radius 2 is 0.522 bits per heavy atom. The third kappa shape index (κ3) is 75.6. The van der Waals surface area contributed by atoms with Crippen LogP contribution in [0.15, 0.2) is 12.2 Å². The first-order chi connectivity index (χ1) is 44.5. The molecule has 0 aliphatic carbocycles. The molecule has 0 aromatic heterocycles. The van der Waals surface area contributed by atoms with E-state index in [0.29, 0.717) is 25.9 Å². The van der Waals surface area contributed by atoms with Gasteiger partial charge in [0.15, 0.2) is 0 Å². The maximum atomic E-state index is 12.6. The summed E-state index contributed by atoms with van der Waals surface area (Å²) >= 11 is 0. The van der Waals surface area contributed by atoms with Crippen LogP contribution in [0.25, 0.3) is 0 Å². The molecule has 2 atom stereocenters. The molecule has 2 unspecified atom stereocenters. The van der Waals surface area contributed by atoms with Crippen LogP contribution in [0.4, 0.5) is 0 Å². The SMILES string of the molecule is CCCCCC/C=C\CCCCCCCC(=O)OCCCCCCCCCCCCCCCCCCCCCCCCCCCCCCCCCCCCCCCC(=O)NC(CO)C(O)CCCCCCCCCCCCCCCCCCCCCCCCC. The van der Waals surface area contributed by atoms with Crippen LogP contribution in [0.2, 0.25) is 0 Å². The molecular formula is C84H165NO5. The Morgan fingerprint density at radius 1 is 0.300 bits per heavy atom. The molecule has 0 aliphatic rings. The maximum Gasteiger partial charge on any atom is 0.305 e. The lowest BCUT2D eigenvalue weighted by atomic mass is 10.0. The average molecular weight is 1270 g/mol. The van der Waals surface area contributed by atoms with Crippen molar-refractivity contribution in [2.24, 2.45) is 0 Å². The summed E-state index contributed by atoms with van der Waals surface area (Å²) in [5.41, 5.74) is 0. The first-order valence-electron chi connectivity index (χ1n) is 41.9. The Hall–Kier alpha value is -1.40. The molecule has 0 rings (SSSR count). The summed E-state index contributed by atoms with van der Waals surface area (Å²) in [4.78, 5) is 24.6. The molecule has 0 aromatic rings. The molecule has 0 aliphatic heterocycles. The number of ether oxygens (including phenoxy) is 1. The monoisotopic (exact) mass is 1270 g/mol. The fourth-order valence-electron chi connectivity index (χ4n) is 13.7. The van der Waals surface area contributed by atoms with Gasteiger partial charge in [-0.15, -0.1) is 0 Å². The van der Waals surface area contributed by atoms with Gasteiger partial charge in [0.05, 0.1) is 25.4 Å². The maximum absolute atomic E-state index is 12.6. The molecule has 90 heavy (non-hydrogen) atoms. The van der Waals surface area contributed by atoms with Gasteiger partial charge in [0.1, 0.15) is 0 Å². The zero-order valence-corrected chi connectivity index (χ0v) is 61.7. The first-order valence-corrected chi connectivity index (χ1v) is 41.9. The van der Waals surface area contributed by atoms with Crippen LogP contribution in [0.5, 0.6) is 0 Å². The highest BCUT2D eigenvalue weighted by molar-refractivity contribution is 5.76. The van der Waals surface area contributed by atoms with E-state index in [1.165, 1.54) is 411 Å². The van der Waals surface area contributed by atoms with E-state index < -0.39 is 12.1 Å². The van der Waals surface area contributed by atoms with E-state index in [0.717, 1.165) is 44.9 Å². The molecule has 3 N–H and O–H groups in total. The molecule has 6 heteroatoms. The van der Waals surface area contributed by atoms with E-state index >= 15 is 0 Å². The lowest BCUT2D eigenvalue weighted by Crippen LogP contribution is -2.45. The van der Waals surface area contributed by atoms with Crippen LogP contribution in [-0.2, 0) is 14.3 Å². The third-order valence-electron chi connectivity index (χ3n) is 20.1. The summed E-state index contributed by atoms with van der Waals surface area (Å²) < 4.78 is 5.49. The van der Waals surface area contributed by atoms with Gasteiger partial charge in [0.25, 0.3) is 0 Å². The molecular weight excluding hydrogens is 1100 g/mol. The Balaban J connectivity index is 3.31. The van der Waals surface area contributed by atoms with E-state index in [9.17, 15) is 19.8 Å². The predicted molar refractivity (Wildman–Crippen MR) is 398 cm³/mol. The average Bonchev–Trinajstić information content (AvgIpc) is 3.71. The van der Waals surface area contributed by atoms with Gasteiger partial charge in [-0.1, -0.05) is 437 Å². The normalized spacial score (nSPS) is 12.4. The van der Waals surface area contributed by atoms with Gasteiger partial charge >= 0.3 is 5.97 Å². The van der Waals surface area contributed by atoms with Gasteiger partial charge in [-0.25, -0.2) is 0 Å². The van der Waals surface area contributed by atoms with Gasteiger partial charge < -0.3 is 20.3 Å². The molecule has 0 saturated carbocycles. The number of nitrogens with one attached hydrogen (secondary N) is 1. The third-order valence-corrected chi connectivity index (χ3v) is 20.1. The second kappa shape index (κ2) is 80.0. The number of hydrogen-bond acceptors (Lipinski definition) is 5. The summed E-state index contributed by atoms with van der Waals surface area (Å²) in [6, 6.07) is -0.538. The highest BCUT2D eigenvalue weighted by Crippen LogP contribution is 2.21. The summed E-state index contributed by atoms with van der Waals surface area (Å²) in [7, 11) is 0. The highest BCUT2D eigenvalue weighted by atomic mass is 16.5. The lowest BCUT2D eigenvalue weighted by Gasteiger charge is -2.22. The molecule has 536 valence electrons. The number of hydrogen-bond donors (Lipinski definition) is 3. The summed E-state index contributed by atoms with van der Waals surface area (Å²) in [5.74, 6) is -0.00760. The first kappa shape index (κ1) is 88.6. The Labute approximate surface area is 565 Å². The second-order valence-electron chi connectivity index (χ2n) is 29.2. The minimum absolute atomic E-state index is 0.0153. The Kier molecular flexibility index (Phi) is 78.8. The highest BCUT2D eigenvalue weighted by Gasteiger charge is 2.20. The molecule has 0 spiro atoms. The van der Waals surface area contributed by atoms with E-state index in [4.69, 9.17) is 4.74 Å². The smallest absolute Gasteiger partial charge is 0.305 e. The van der Waals surface area contributed by atoms with Crippen molar-refractivity contribution in [1.82, 2.24) is 5.32 Å². The summed E-state index contributed by atoms with van der Waals surface area (Å²) in [6.45, 7) is 5.00. The molecule has 0 fully saturated rings. The zero-order chi connectivity index (χ0) is 64.9. The van der Waals surface area contributed by atoms with Crippen molar-refractivity contribution in [2.75, 3.05) is 13.2 Å². The van der Waals surface area contributed by atoms with E-state index in [1.54, 1.807) is 0 Å². The molecule has 0 aromatic carbocycles. The van der Waals surface area contributed by atoms with Crippen LogP contribution in [-0.4, -0.2) is 47.4 Å². The fourth-order valence-corrected chi connectivity index (χ4v) is 13.7. The van der Waals surface area contributed by atoms with Gasteiger partial charge in [-0.3, -0.25) is 9.59 Å². The number of allylic oxidation sites excluding steroid dienone is 2. The number of carbonyl (C=O) groups is 2. The van der Waals surface area contributed by atoms with Crippen LogP contribution >= 0.6 is 0 Å². The molecule has 0 heterocycles. The van der Waals surface area contributed by atoms with Crippen molar-refractivity contribution in [2.45, 2.75) is 501 Å². The van der Waals surface area contributed by atoms with Gasteiger partial charge in [0, 0.05) is 12.8 Å². The lowest BCUT2D eigenvalue weighted by molar-refractivity contribution is -0.143. The predicted octanol–water partition coefficient (Wildman–Crippen LogP) is 27.8. The quantitative estimate of drug-likeness (QED) is 0.0320. The minimum Gasteiger partial charge on any atom is -0.466 e. The topological polar surface area (TPSA) is 95.9 Å². The molecule has 6 nitrogen and oxygen atoms in total. The number of rotatable bonds is 80. The van der Waals surface area contributed by atoms with E-state index in [-0.39, 0.29) is 18.5 Å². The van der Waals surface area contributed by atoms with Crippen molar-refractivity contribution in [3.8, 4) is 0 Å². The Bertz CT molecular complexity index is 1370. The molecule has 0 saturated heterocycles. The Morgan fingerprint density at radius 3 is 0.800 bits per heavy atom. The number of unbranched alkanes of at least 4 members (excludes halogenated alkanes) is 67. The van der Waals surface area contributed by atoms with Crippen molar-refractivity contribution >= 4 is 11.9 Å². The van der Waals surface area contributed by atoms with E-state index in [2.05, 4.69) is 31.3 Å². The number of carbonyl (C=O) groups excluding carboxylic acids is 2. The number of esters is 1. The number of amides is 1. The van der Waals surface area contributed by atoms with Gasteiger partial charge in [-0.2, -0.15) is 0 Å². The summed E-state index contributed by atoms with van der Waals surface area (Å²) in [6.07, 6.45) is 102. The molecule has 0 bridgehead atoms. The zero-order valence-electron chi connectivity index (χ0n) is 61.7. The van der Waals surface area contributed by atoms with Gasteiger partial charge in [-0.05, 0) is 51.4 Å². The van der Waals surface area contributed by atoms with Crippen LogP contribution in [0, 0.1) is 0 Å². The molecule has 0 radical (unpaired) electrons. The van der Waals surface area contributed by atoms with Crippen LogP contribution in [0.1, 0.15) is 489 Å². The van der Waals surface area contributed by atoms with Crippen molar-refractivity contribution in [1.29, 1.82) is 0 Å². The molecule has 1 amide bonds. The minimum atomic E-state index is -0.661. The number of aliphatic hydroxyl groups excluding tert-OH is 2. The van der Waals surface area contributed by atoms with Crippen LogP contribution < -0.4 is 5.32 Å². The number of aliphatic hydroxyl groups is 2. The van der Waals surface area contributed by atoms with Crippen LogP contribution in [0.3, 0.4) is 0 Å². The largest absolute Gasteiger partial charge is 0.466 e. The van der Waals surface area contributed by atoms with Gasteiger partial charge in [0.2, 0.25) is 5.91 Å². The van der Waals surface area contributed by atoms with Crippen molar-refractivity contribution in [3.63, 3.8) is 0 Å². The standard InChI is InChI=1S/C84H165NO5/c1-3-5-7-9-11-13-15-17-18-19-20-21-37-40-43-46-49-53-56-60-64-68-72-76-82(87)81(80-86)85-83(88)77-73-69-65-61-57-54-50-47-44-41-38-35-33-31-29-27-25-23-22-24-26-28-30-32-34-36-39-42-45-48-51-55-59-63-67-71-75-79-90-84(89)78-74-70-66-62-58-52-16-14-12-10-8-6-4-2/h14,16,81-82,86-87H,3-13,15,17-80H2,1-2H3,(H,85,88)/b16-14-. The summed E-state index contributed by atoms with van der Waals surface area (Å²) in [5, 5.41) is 23.5. The van der Waals surface area contributed by atoms with Crippen molar-refractivity contribution < 1.29 is 24.5 Å². The van der Waals surface area contributed by atoms with E-state index in [1.807, 2.05) is 0 Å². The van der Waals surface area contributed by atoms with Crippen molar-refractivity contribution in [3.05, 3.63) is 12.2 Å². The second-order valence-corrected chi connectivity index (χ2v) is 29.2. The fraction of sp³-hybridized carbons (Fsp3) is 0.952.